The predicted octanol–water partition coefficient (Wildman–Crippen LogP) is 0.458. The molecule has 1 unspecified atom stereocenters. The molecule has 0 aromatic rings. The summed E-state index contributed by atoms with van der Waals surface area (Å²) < 4.78 is 0. The molecule has 4 heteroatoms. The van der Waals surface area contributed by atoms with Gasteiger partial charge in [-0.1, -0.05) is 13.8 Å². The molecule has 0 bridgehead atoms. The van der Waals surface area contributed by atoms with Gasteiger partial charge in [-0.05, 0) is 18.8 Å². The second kappa shape index (κ2) is 5.19. The molecule has 3 N–H and O–H groups in total. The Labute approximate surface area is 79.0 Å². The Morgan fingerprint density at radius 3 is 2.46 bits per heavy atom. The van der Waals surface area contributed by atoms with Gasteiger partial charge in [-0.3, -0.25) is 4.79 Å². The van der Waals surface area contributed by atoms with Crippen LogP contribution < -0.4 is 5.32 Å². The molecule has 0 heterocycles. The first kappa shape index (κ1) is 12.4. The minimum absolute atomic E-state index is 0.0571. The normalized spacial score (nSPS) is 14.2. The molecule has 0 saturated carbocycles. The minimum Gasteiger partial charge on any atom is -0.480 e. The van der Waals surface area contributed by atoms with E-state index in [1.165, 1.54) is 0 Å². The van der Waals surface area contributed by atoms with Crippen molar-refractivity contribution in [2.24, 2.45) is 5.41 Å². The van der Waals surface area contributed by atoms with Crippen LogP contribution in [0.3, 0.4) is 0 Å². The molecule has 13 heavy (non-hydrogen) atoms. The van der Waals surface area contributed by atoms with Crippen LogP contribution in [0.25, 0.3) is 0 Å². The van der Waals surface area contributed by atoms with Gasteiger partial charge in [0.25, 0.3) is 0 Å². The van der Waals surface area contributed by atoms with Crippen LogP contribution in [-0.4, -0.2) is 35.4 Å². The molecule has 0 spiro atoms. The van der Waals surface area contributed by atoms with Gasteiger partial charge in [-0.15, -0.1) is 0 Å². The highest BCUT2D eigenvalue weighted by molar-refractivity contribution is 5.72. The average Bonchev–Trinajstić information content (AvgIpc) is 2.00. The van der Waals surface area contributed by atoms with Crippen molar-refractivity contribution in [3.63, 3.8) is 0 Å². The van der Waals surface area contributed by atoms with E-state index in [0.717, 1.165) is 0 Å². The molecule has 0 fully saturated rings. The topological polar surface area (TPSA) is 69.6 Å². The van der Waals surface area contributed by atoms with Crippen LogP contribution in [0.2, 0.25) is 0 Å². The molecule has 4 nitrogen and oxygen atoms in total. The second-order valence-electron chi connectivity index (χ2n) is 4.08. The predicted molar refractivity (Wildman–Crippen MR) is 50.6 cm³/mol. The number of carboxylic acid groups (broad SMARTS) is 1. The van der Waals surface area contributed by atoms with Crippen molar-refractivity contribution in [3.05, 3.63) is 0 Å². The van der Waals surface area contributed by atoms with Gasteiger partial charge in [0.1, 0.15) is 6.04 Å². The first-order valence-corrected chi connectivity index (χ1v) is 4.46. The van der Waals surface area contributed by atoms with E-state index >= 15 is 0 Å². The lowest BCUT2D eigenvalue weighted by atomic mass is 9.89. The van der Waals surface area contributed by atoms with Gasteiger partial charge in [0.15, 0.2) is 0 Å². The summed E-state index contributed by atoms with van der Waals surface area (Å²) in [5.74, 6) is -0.847. The van der Waals surface area contributed by atoms with Crippen LogP contribution in [0.5, 0.6) is 0 Å². The maximum absolute atomic E-state index is 10.5. The van der Waals surface area contributed by atoms with Crippen LogP contribution in [-0.2, 0) is 4.79 Å². The number of aliphatic hydroxyl groups is 1. The van der Waals surface area contributed by atoms with E-state index in [0.29, 0.717) is 13.0 Å². The number of carbonyl (C=O) groups is 1. The summed E-state index contributed by atoms with van der Waals surface area (Å²) >= 11 is 0. The number of carboxylic acids is 1. The third-order valence-corrected chi connectivity index (χ3v) is 2.05. The number of rotatable bonds is 6. The maximum Gasteiger partial charge on any atom is 0.320 e. The fourth-order valence-electron chi connectivity index (χ4n) is 0.908. The van der Waals surface area contributed by atoms with E-state index in [-0.39, 0.29) is 12.0 Å². The van der Waals surface area contributed by atoms with Crippen LogP contribution in [0.15, 0.2) is 0 Å². The van der Waals surface area contributed by atoms with Crippen molar-refractivity contribution in [2.45, 2.75) is 33.2 Å². The zero-order valence-corrected chi connectivity index (χ0v) is 8.50. The highest BCUT2D eigenvalue weighted by Crippen LogP contribution is 2.18. The standard InChI is InChI=1S/C9H19NO3/c1-7(8(12)13)10-6-9(2,3)4-5-11/h7,10-11H,4-6H2,1-3H3,(H,12,13). The van der Waals surface area contributed by atoms with Crippen molar-refractivity contribution in [2.75, 3.05) is 13.2 Å². The van der Waals surface area contributed by atoms with Gasteiger partial charge in [-0.2, -0.15) is 0 Å². The summed E-state index contributed by atoms with van der Waals surface area (Å²) in [5.41, 5.74) is -0.0571. The Morgan fingerprint density at radius 1 is 1.54 bits per heavy atom. The third-order valence-electron chi connectivity index (χ3n) is 2.05. The summed E-state index contributed by atoms with van der Waals surface area (Å²) in [4.78, 5) is 10.5. The summed E-state index contributed by atoms with van der Waals surface area (Å²) in [5, 5.41) is 20.2. The molecule has 0 aliphatic rings. The van der Waals surface area contributed by atoms with E-state index in [2.05, 4.69) is 5.32 Å². The average molecular weight is 189 g/mol. The largest absolute Gasteiger partial charge is 0.480 e. The number of hydrogen-bond donors (Lipinski definition) is 3. The molecular formula is C9H19NO3. The zero-order chi connectivity index (χ0) is 10.5. The Hall–Kier alpha value is -0.610. The van der Waals surface area contributed by atoms with E-state index < -0.39 is 12.0 Å². The maximum atomic E-state index is 10.5. The number of aliphatic carboxylic acids is 1. The molecule has 1 atom stereocenters. The lowest BCUT2D eigenvalue weighted by Gasteiger charge is -2.25. The minimum atomic E-state index is -0.847. The fraction of sp³-hybridized carbons (Fsp3) is 0.889. The monoisotopic (exact) mass is 189 g/mol. The summed E-state index contributed by atoms with van der Waals surface area (Å²) in [7, 11) is 0. The van der Waals surface area contributed by atoms with Gasteiger partial charge in [0.05, 0.1) is 0 Å². The Kier molecular flexibility index (Phi) is 4.95. The Morgan fingerprint density at radius 2 is 2.08 bits per heavy atom. The van der Waals surface area contributed by atoms with Crippen molar-refractivity contribution >= 4 is 5.97 Å². The molecular weight excluding hydrogens is 170 g/mol. The van der Waals surface area contributed by atoms with E-state index in [1.54, 1.807) is 6.92 Å². The van der Waals surface area contributed by atoms with Crippen molar-refractivity contribution in [3.8, 4) is 0 Å². The van der Waals surface area contributed by atoms with Crippen LogP contribution in [0.1, 0.15) is 27.2 Å². The highest BCUT2D eigenvalue weighted by atomic mass is 16.4. The van der Waals surface area contributed by atoms with Gasteiger partial charge >= 0.3 is 5.97 Å². The first-order valence-electron chi connectivity index (χ1n) is 4.46. The molecule has 0 rings (SSSR count). The van der Waals surface area contributed by atoms with Crippen molar-refractivity contribution in [1.82, 2.24) is 5.32 Å². The summed E-state index contributed by atoms with van der Waals surface area (Å²) in [6, 6.07) is -0.530. The van der Waals surface area contributed by atoms with E-state index in [4.69, 9.17) is 10.2 Å². The lowest BCUT2D eigenvalue weighted by molar-refractivity contribution is -0.139. The molecule has 0 saturated heterocycles. The molecule has 0 aromatic carbocycles. The molecule has 78 valence electrons. The summed E-state index contributed by atoms with van der Waals surface area (Å²) in [6.45, 7) is 6.32. The van der Waals surface area contributed by atoms with Gasteiger partial charge in [0.2, 0.25) is 0 Å². The second-order valence-corrected chi connectivity index (χ2v) is 4.08. The van der Waals surface area contributed by atoms with Gasteiger partial charge in [0, 0.05) is 13.2 Å². The highest BCUT2D eigenvalue weighted by Gasteiger charge is 2.19. The SMILES string of the molecule is CC(NCC(C)(C)CCO)C(=O)O. The molecule has 0 aliphatic carbocycles. The lowest BCUT2D eigenvalue weighted by Crippen LogP contribution is -2.40. The fourth-order valence-corrected chi connectivity index (χ4v) is 0.908. The van der Waals surface area contributed by atoms with E-state index in [9.17, 15) is 4.79 Å². The Balaban J connectivity index is 3.80. The van der Waals surface area contributed by atoms with E-state index in [1.807, 2.05) is 13.8 Å². The number of hydrogen-bond acceptors (Lipinski definition) is 3. The third kappa shape index (κ3) is 5.60. The first-order chi connectivity index (χ1) is 5.89. The molecule has 0 amide bonds. The van der Waals surface area contributed by atoms with Crippen LogP contribution >= 0.6 is 0 Å². The van der Waals surface area contributed by atoms with Crippen molar-refractivity contribution in [1.29, 1.82) is 0 Å². The van der Waals surface area contributed by atoms with Gasteiger partial charge in [-0.25, -0.2) is 0 Å². The van der Waals surface area contributed by atoms with Gasteiger partial charge < -0.3 is 15.5 Å². The van der Waals surface area contributed by atoms with Crippen LogP contribution in [0.4, 0.5) is 0 Å². The summed E-state index contributed by atoms with van der Waals surface area (Å²) in [6.07, 6.45) is 0.673. The molecule has 0 aromatic heterocycles. The Bertz CT molecular complexity index is 168. The molecule has 0 radical (unpaired) electrons. The zero-order valence-electron chi connectivity index (χ0n) is 8.50. The number of aliphatic hydroxyl groups excluding tert-OH is 1. The molecule has 0 aliphatic heterocycles. The number of nitrogens with one attached hydrogen (secondary N) is 1. The van der Waals surface area contributed by atoms with Crippen LogP contribution in [0, 0.1) is 5.41 Å². The smallest absolute Gasteiger partial charge is 0.320 e. The quantitative estimate of drug-likeness (QED) is 0.567. The van der Waals surface area contributed by atoms with Crippen molar-refractivity contribution < 1.29 is 15.0 Å².